The maximum absolute atomic E-state index is 11.5. The Balaban J connectivity index is 2.14. The lowest BCUT2D eigenvalue weighted by atomic mass is 10.2. The third-order valence-corrected chi connectivity index (χ3v) is 3.86. The molecule has 16 heavy (non-hydrogen) atoms. The average Bonchev–Trinajstić information content (AvgIpc) is 2.93. The van der Waals surface area contributed by atoms with Crippen molar-refractivity contribution in [1.29, 1.82) is 0 Å². The molecule has 1 amide bonds. The lowest BCUT2D eigenvalue weighted by Gasteiger charge is -2.12. The highest BCUT2D eigenvalue weighted by atomic mass is 32.2. The van der Waals surface area contributed by atoms with Crippen LogP contribution < -0.4 is 5.32 Å². The van der Waals surface area contributed by atoms with Crippen LogP contribution in [0, 0.1) is 5.92 Å². The van der Waals surface area contributed by atoms with E-state index in [1.807, 2.05) is 0 Å². The van der Waals surface area contributed by atoms with Gasteiger partial charge in [0.2, 0.25) is 5.91 Å². The standard InChI is InChI=1S/C11H19NO3S/c1-8(2)7-16-6-3-9(13)12-11(4-5-11)10(14)15/h8H,3-7H2,1-2H3,(H,12,13)(H,14,15). The zero-order valence-electron chi connectivity index (χ0n) is 9.78. The van der Waals surface area contributed by atoms with Crippen LogP contribution in [0.15, 0.2) is 0 Å². The first-order valence-electron chi connectivity index (χ1n) is 5.58. The fourth-order valence-corrected chi connectivity index (χ4v) is 2.30. The second kappa shape index (κ2) is 5.57. The number of rotatable bonds is 7. The molecule has 0 bridgehead atoms. The molecule has 2 N–H and O–H groups in total. The van der Waals surface area contributed by atoms with Crippen molar-refractivity contribution in [2.45, 2.75) is 38.6 Å². The van der Waals surface area contributed by atoms with Gasteiger partial charge < -0.3 is 10.4 Å². The van der Waals surface area contributed by atoms with Gasteiger partial charge in [0.05, 0.1) is 0 Å². The first kappa shape index (κ1) is 13.4. The van der Waals surface area contributed by atoms with E-state index in [4.69, 9.17) is 5.11 Å². The number of carbonyl (C=O) groups excluding carboxylic acids is 1. The molecule has 0 aromatic rings. The Kier molecular flexibility index (Phi) is 4.65. The highest BCUT2D eigenvalue weighted by Gasteiger charge is 2.51. The van der Waals surface area contributed by atoms with E-state index >= 15 is 0 Å². The molecule has 0 aliphatic heterocycles. The predicted octanol–water partition coefficient (Wildman–Crippen LogP) is 1.50. The van der Waals surface area contributed by atoms with Crippen molar-refractivity contribution in [1.82, 2.24) is 5.32 Å². The summed E-state index contributed by atoms with van der Waals surface area (Å²) >= 11 is 1.74. The summed E-state index contributed by atoms with van der Waals surface area (Å²) in [6, 6.07) is 0. The molecule has 0 heterocycles. The minimum Gasteiger partial charge on any atom is -0.480 e. The third kappa shape index (κ3) is 4.04. The molecule has 0 aromatic carbocycles. The summed E-state index contributed by atoms with van der Waals surface area (Å²) in [6.07, 6.45) is 1.53. The first-order valence-corrected chi connectivity index (χ1v) is 6.74. The summed E-state index contributed by atoms with van der Waals surface area (Å²) < 4.78 is 0. The van der Waals surface area contributed by atoms with Gasteiger partial charge in [-0.2, -0.15) is 11.8 Å². The van der Waals surface area contributed by atoms with E-state index in [0.717, 1.165) is 11.5 Å². The fourth-order valence-electron chi connectivity index (χ4n) is 1.33. The van der Waals surface area contributed by atoms with Crippen LogP contribution in [0.2, 0.25) is 0 Å². The van der Waals surface area contributed by atoms with E-state index in [0.29, 0.717) is 25.2 Å². The molecule has 0 spiro atoms. The molecule has 0 unspecified atom stereocenters. The van der Waals surface area contributed by atoms with E-state index in [1.165, 1.54) is 0 Å². The number of hydrogen-bond donors (Lipinski definition) is 2. The molecular weight excluding hydrogens is 226 g/mol. The number of carboxylic acids is 1. The predicted molar refractivity (Wildman–Crippen MR) is 64.5 cm³/mol. The van der Waals surface area contributed by atoms with Gasteiger partial charge in [-0.1, -0.05) is 13.8 Å². The van der Waals surface area contributed by atoms with Crippen LogP contribution in [-0.4, -0.2) is 34.0 Å². The van der Waals surface area contributed by atoms with Crippen LogP contribution in [0.25, 0.3) is 0 Å². The molecule has 1 fully saturated rings. The zero-order valence-corrected chi connectivity index (χ0v) is 10.6. The van der Waals surface area contributed by atoms with Crippen molar-refractivity contribution in [3.05, 3.63) is 0 Å². The van der Waals surface area contributed by atoms with Gasteiger partial charge in [-0.15, -0.1) is 0 Å². The van der Waals surface area contributed by atoms with Crippen LogP contribution >= 0.6 is 11.8 Å². The van der Waals surface area contributed by atoms with Gasteiger partial charge in [-0.25, -0.2) is 4.79 Å². The molecule has 1 rings (SSSR count). The first-order chi connectivity index (χ1) is 7.46. The van der Waals surface area contributed by atoms with Crippen LogP contribution in [-0.2, 0) is 9.59 Å². The number of aliphatic carboxylic acids is 1. The molecule has 0 aromatic heterocycles. The number of thioether (sulfide) groups is 1. The van der Waals surface area contributed by atoms with Gasteiger partial charge in [-0.3, -0.25) is 4.79 Å². The molecule has 1 aliphatic carbocycles. The summed E-state index contributed by atoms with van der Waals surface area (Å²) in [6.45, 7) is 4.27. The zero-order chi connectivity index (χ0) is 12.2. The maximum Gasteiger partial charge on any atom is 0.329 e. The van der Waals surface area contributed by atoms with Gasteiger partial charge in [0.15, 0.2) is 0 Å². The summed E-state index contributed by atoms with van der Waals surface area (Å²) in [7, 11) is 0. The number of amides is 1. The Morgan fingerprint density at radius 3 is 2.50 bits per heavy atom. The average molecular weight is 245 g/mol. The summed E-state index contributed by atoms with van der Waals surface area (Å²) in [5, 5.41) is 11.5. The molecule has 0 radical (unpaired) electrons. The molecule has 92 valence electrons. The maximum atomic E-state index is 11.5. The van der Waals surface area contributed by atoms with Gasteiger partial charge in [0, 0.05) is 12.2 Å². The number of nitrogens with one attached hydrogen (secondary N) is 1. The van der Waals surface area contributed by atoms with E-state index in [2.05, 4.69) is 19.2 Å². The number of carbonyl (C=O) groups is 2. The van der Waals surface area contributed by atoms with Gasteiger partial charge in [-0.05, 0) is 24.5 Å². The van der Waals surface area contributed by atoms with Crippen molar-refractivity contribution >= 4 is 23.6 Å². The Morgan fingerprint density at radius 2 is 2.06 bits per heavy atom. The number of carboxylic acid groups (broad SMARTS) is 1. The Bertz CT molecular complexity index is 274. The highest BCUT2D eigenvalue weighted by Crippen LogP contribution is 2.35. The second-order valence-corrected chi connectivity index (χ2v) is 5.80. The van der Waals surface area contributed by atoms with Gasteiger partial charge in [0.25, 0.3) is 0 Å². The van der Waals surface area contributed by atoms with Crippen LogP contribution in [0.1, 0.15) is 33.1 Å². The minimum atomic E-state index is -0.931. The largest absolute Gasteiger partial charge is 0.480 e. The fraction of sp³-hybridized carbons (Fsp3) is 0.818. The number of hydrogen-bond acceptors (Lipinski definition) is 3. The molecule has 1 aliphatic rings. The Hall–Kier alpha value is -0.710. The topological polar surface area (TPSA) is 66.4 Å². The summed E-state index contributed by atoms with van der Waals surface area (Å²) in [4.78, 5) is 22.3. The van der Waals surface area contributed by atoms with Crippen molar-refractivity contribution in [2.75, 3.05) is 11.5 Å². The Labute approximate surface area is 100 Å². The molecule has 4 nitrogen and oxygen atoms in total. The second-order valence-electron chi connectivity index (χ2n) is 4.65. The Morgan fingerprint density at radius 1 is 1.44 bits per heavy atom. The monoisotopic (exact) mass is 245 g/mol. The van der Waals surface area contributed by atoms with Crippen molar-refractivity contribution in [3.63, 3.8) is 0 Å². The van der Waals surface area contributed by atoms with E-state index in [1.54, 1.807) is 11.8 Å². The molecule has 0 saturated heterocycles. The minimum absolute atomic E-state index is 0.142. The molecule has 0 atom stereocenters. The van der Waals surface area contributed by atoms with Crippen LogP contribution in [0.3, 0.4) is 0 Å². The molecular formula is C11H19NO3S. The van der Waals surface area contributed by atoms with Crippen molar-refractivity contribution in [2.24, 2.45) is 5.92 Å². The third-order valence-electron chi connectivity index (χ3n) is 2.46. The van der Waals surface area contributed by atoms with Crippen molar-refractivity contribution in [3.8, 4) is 0 Å². The van der Waals surface area contributed by atoms with E-state index < -0.39 is 11.5 Å². The van der Waals surface area contributed by atoms with E-state index in [9.17, 15) is 9.59 Å². The lowest BCUT2D eigenvalue weighted by Crippen LogP contribution is -2.43. The van der Waals surface area contributed by atoms with Crippen LogP contribution in [0.4, 0.5) is 0 Å². The van der Waals surface area contributed by atoms with E-state index in [-0.39, 0.29) is 5.91 Å². The smallest absolute Gasteiger partial charge is 0.329 e. The lowest BCUT2D eigenvalue weighted by molar-refractivity contribution is -0.143. The molecule has 1 saturated carbocycles. The normalized spacial score (nSPS) is 17.2. The van der Waals surface area contributed by atoms with Crippen LogP contribution in [0.5, 0.6) is 0 Å². The SMILES string of the molecule is CC(C)CSCCC(=O)NC1(C(=O)O)CC1. The van der Waals surface area contributed by atoms with Gasteiger partial charge in [0.1, 0.15) is 5.54 Å². The summed E-state index contributed by atoms with van der Waals surface area (Å²) in [5.74, 6) is 1.38. The summed E-state index contributed by atoms with van der Waals surface area (Å²) in [5.41, 5.74) is -0.931. The van der Waals surface area contributed by atoms with Gasteiger partial charge >= 0.3 is 5.97 Å². The highest BCUT2D eigenvalue weighted by molar-refractivity contribution is 7.99. The molecule has 5 heteroatoms. The van der Waals surface area contributed by atoms with Crippen molar-refractivity contribution < 1.29 is 14.7 Å². The quantitative estimate of drug-likeness (QED) is 0.667.